The monoisotopic (exact) mass is 135 g/mol. The van der Waals surface area contributed by atoms with Gasteiger partial charge in [0.2, 0.25) is 0 Å². The zero-order valence-electron chi connectivity index (χ0n) is 5.18. The molecule has 0 aliphatic rings. The number of hydrogen-bond acceptors (Lipinski definition) is 3. The van der Waals surface area contributed by atoms with Crippen LogP contribution < -0.4 is 5.32 Å². The van der Waals surface area contributed by atoms with E-state index < -0.39 is 0 Å². The zero-order valence-corrected chi connectivity index (χ0v) is 6.00. The molecular formula is C5H13NOS. The van der Waals surface area contributed by atoms with Crippen LogP contribution in [0.15, 0.2) is 0 Å². The molecule has 0 bridgehead atoms. The molecule has 3 heteroatoms. The first-order valence-electron chi connectivity index (χ1n) is 2.72. The van der Waals surface area contributed by atoms with Gasteiger partial charge in [-0.05, 0) is 6.26 Å². The molecule has 0 aromatic carbocycles. The van der Waals surface area contributed by atoms with E-state index in [0.29, 0.717) is 0 Å². The van der Waals surface area contributed by atoms with Gasteiger partial charge in [0, 0.05) is 18.8 Å². The molecule has 0 atom stereocenters. The van der Waals surface area contributed by atoms with Gasteiger partial charge in [0.15, 0.2) is 0 Å². The molecule has 0 spiro atoms. The number of hydrogen-bond donors (Lipinski definition) is 2. The second-order valence-electron chi connectivity index (χ2n) is 1.47. The molecule has 0 aliphatic heterocycles. The van der Waals surface area contributed by atoms with E-state index in [1.165, 1.54) is 0 Å². The van der Waals surface area contributed by atoms with Gasteiger partial charge in [0.1, 0.15) is 0 Å². The van der Waals surface area contributed by atoms with Crippen molar-refractivity contribution in [3.05, 3.63) is 0 Å². The molecule has 0 amide bonds. The predicted molar refractivity (Wildman–Crippen MR) is 38.3 cm³/mol. The van der Waals surface area contributed by atoms with Gasteiger partial charge in [0.25, 0.3) is 0 Å². The fourth-order valence-electron chi connectivity index (χ4n) is 0.378. The second kappa shape index (κ2) is 7.27. The van der Waals surface area contributed by atoms with Crippen LogP contribution in [0.1, 0.15) is 0 Å². The lowest BCUT2D eigenvalue weighted by Crippen LogP contribution is -2.20. The SMILES string of the molecule is CSCCNCCO. The molecule has 0 aliphatic carbocycles. The van der Waals surface area contributed by atoms with Crippen LogP contribution >= 0.6 is 11.8 Å². The highest BCUT2D eigenvalue weighted by Crippen LogP contribution is 1.85. The predicted octanol–water partition coefficient (Wildman–Crippen LogP) is -0.0687. The number of aliphatic hydroxyl groups is 1. The third-order valence-corrected chi connectivity index (χ3v) is 1.38. The van der Waals surface area contributed by atoms with Crippen LogP contribution in [0.3, 0.4) is 0 Å². The molecule has 0 aromatic rings. The van der Waals surface area contributed by atoms with Crippen molar-refractivity contribution in [2.75, 3.05) is 31.7 Å². The summed E-state index contributed by atoms with van der Waals surface area (Å²) < 4.78 is 0. The Kier molecular flexibility index (Phi) is 7.52. The molecule has 2 N–H and O–H groups in total. The minimum atomic E-state index is 0.244. The fourth-order valence-corrected chi connectivity index (χ4v) is 0.727. The molecule has 0 radical (unpaired) electrons. The molecule has 8 heavy (non-hydrogen) atoms. The average Bonchev–Trinajstić information content (AvgIpc) is 1.81. The van der Waals surface area contributed by atoms with Gasteiger partial charge in [-0.25, -0.2) is 0 Å². The summed E-state index contributed by atoms with van der Waals surface area (Å²) in [6, 6.07) is 0. The fraction of sp³-hybridized carbons (Fsp3) is 1.00. The quantitative estimate of drug-likeness (QED) is 0.518. The molecule has 0 heterocycles. The Labute approximate surface area is 54.7 Å². The van der Waals surface area contributed by atoms with Crippen LogP contribution in [0.25, 0.3) is 0 Å². The Bertz CT molecular complexity index is 37.4. The summed E-state index contributed by atoms with van der Waals surface area (Å²) in [5.41, 5.74) is 0. The highest BCUT2D eigenvalue weighted by atomic mass is 32.2. The number of rotatable bonds is 5. The zero-order chi connectivity index (χ0) is 6.24. The van der Waals surface area contributed by atoms with Crippen LogP contribution in [0.5, 0.6) is 0 Å². The van der Waals surface area contributed by atoms with Crippen molar-refractivity contribution in [2.45, 2.75) is 0 Å². The first-order valence-corrected chi connectivity index (χ1v) is 4.11. The van der Waals surface area contributed by atoms with Crippen molar-refractivity contribution in [1.29, 1.82) is 0 Å². The third-order valence-electron chi connectivity index (χ3n) is 0.772. The molecule has 0 unspecified atom stereocenters. The van der Waals surface area contributed by atoms with Gasteiger partial charge in [-0.2, -0.15) is 11.8 Å². The summed E-state index contributed by atoms with van der Waals surface area (Å²) in [6.45, 7) is 1.97. The molecule has 0 rings (SSSR count). The minimum absolute atomic E-state index is 0.244. The van der Waals surface area contributed by atoms with E-state index in [0.717, 1.165) is 18.8 Å². The van der Waals surface area contributed by atoms with Crippen LogP contribution in [-0.2, 0) is 0 Å². The summed E-state index contributed by atoms with van der Waals surface area (Å²) in [5, 5.41) is 11.4. The number of aliphatic hydroxyl groups excluding tert-OH is 1. The summed E-state index contributed by atoms with van der Waals surface area (Å²) in [5.74, 6) is 1.12. The van der Waals surface area contributed by atoms with Crippen molar-refractivity contribution in [1.82, 2.24) is 5.32 Å². The maximum atomic E-state index is 8.30. The van der Waals surface area contributed by atoms with Gasteiger partial charge in [0.05, 0.1) is 6.61 Å². The van der Waals surface area contributed by atoms with Crippen molar-refractivity contribution < 1.29 is 5.11 Å². The molecule has 0 saturated carbocycles. The van der Waals surface area contributed by atoms with Gasteiger partial charge in [-0.1, -0.05) is 0 Å². The standard InChI is InChI=1S/C5H13NOS/c1-8-5-3-6-2-4-7/h6-7H,2-5H2,1H3. The Morgan fingerprint density at radius 3 is 2.75 bits per heavy atom. The smallest absolute Gasteiger partial charge is 0.0555 e. The van der Waals surface area contributed by atoms with Crippen LogP contribution in [0, 0.1) is 0 Å². The van der Waals surface area contributed by atoms with Crippen molar-refractivity contribution in [3.8, 4) is 0 Å². The van der Waals surface area contributed by atoms with Crippen LogP contribution in [0.4, 0.5) is 0 Å². The lowest BCUT2D eigenvalue weighted by atomic mass is 10.6. The van der Waals surface area contributed by atoms with Gasteiger partial charge in [-0.3, -0.25) is 0 Å². The van der Waals surface area contributed by atoms with Gasteiger partial charge < -0.3 is 10.4 Å². The maximum Gasteiger partial charge on any atom is 0.0555 e. The third kappa shape index (κ3) is 6.27. The molecule has 0 saturated heterocycles. The topological polar surface area (TPSA) is 32.3 Å². The Hall–Kier alpha value is 0.270. The van der Waals surface area contributed by atoms with E-state index in [4.69, 9.17) is 5.11 Å². The minimum Gasteiger partial charge on any atom is -0.395 e. The number of thioether (sulfide) groups is 1. The van der Waals surface area contributed by atoms with Crippen molar-refractivity contribution >= 4 is 11.8 Å². The normalized spacial score (nSPS) is 9.75. The summed E-state index contributed by atoms with van der Waals surface area (Å²) in [7, 11) is 0. The first-order chi connectivity index (χ1) is 3.91. The summed E-state index contributed by atoms with van der Waals surface area (Å²) in [6.07, 6.45) is 2.07. The van der Waals surface area contributed by atoms with Crippen molar-refractivity contribution in [3.63, 3.8) is 0 Å². The molecule has 2 nitrogen and oxygen atoms in total. The van der Waals surface area contributed by atoms with E-state index >= 15 is 0 Å². The largest absolute Gasteiger partial charge is 0.395 e. The maximum absolute atomic E-state index is 8.30. The van der Waals surface area contributed by atoms with Crippen LogP contribution in [0.2, 0.25) is 0 Å². The molecule has 0 fully saturated rings. The molecule has 0 aromatic heterocycles. The lowest BCUT2D eigenvalue weighted by Gasteiger charge is -1.97. The highest BCUT2D eigenvalue weighted by molar-refractivity contribution is 7.98. The molecule has 50 valence electrons. The summed E-state index contributed by atoms with van der Waals surface area (Å²) >= 11 is 1.81. The lowest BCUT2D eigenvalue weighted by molar-refractivity contribution is 0.294. The summed E-state index contributed by atoms with van der Waals surface area (Å²) in [4.78, 5) is 0. The van der Waals surface area contributed by atoms with Gasteiger partial charge in [-0.15, -0.1) is 0 Å². The Morgan fingerprint density at radius 1 is 1.50 bits per heavy atom. The average molecular weight is 135 g/mol. The molecular weight excluding hydrogens is 122 g/mol. The Balaban J connectivity index is 2.53. The van der Waals surface area contributed by atoms with E-state index in [1.54, 1.807) is 0 Å². The Morgan fingerprint density at radius 2 is 2.25 bits per heavy atom. The van der Waals surface area contributed by atoms with E-state index in [2.05, 4.69) is 11.6 Å². The van der Waals surface area contributed by atoms with Crippen molar-refractivity contribution in [2.24, 2.45) is 0 Å². The van der Waals surface area contributed by atoms with E-state index in [1.807, 2.05) is 11.8 Å². The second-order valence-corrected chi connectivity index (χ2v) is 2.45. The number of nitrogens with one attached hydrogen (secondary N) is 1. The first kappa shape index (κ1) is 8.27. The highest BCUT2D eigenvalue weighted by Gasteiger charge is 1.81. The van der Waals surface area contributed by atoms with Crippen LogP contribution in [-0.4, -0.2) is 36.8 Å². The van der Waals surface area contributed by atoms with E-state index in [-0.39, 0.29) is 6.61 Å². The van der Waals surface area contributed by atoms with Gasteiger partial charge >= 0.3 is 0 Å². The van der Waals surface area contributed by atoms with E-state index in [9.17, 15) is 0 Å².